The molecule has 7 heteroatoms. The van der Waals surface area contributed by atoms with E-state index in [2.05, 4.69) is 31.2 Å². The van der Waals surface area contributed by atoms with Crippen molar-refractivity contribution < 1.29 is 0 Å². The summed E-state index contributed by atoms with van der Waals surface area (Å²) < 4.78 is 2.66. The zero-order valence-electron chi connectivity index (χ0n) is 8.91. The number of nitrogens with zero attached hydrogens (tertiary/aromatic N) is 3. The van der Waals surface area contributed by atoms with Gasteiger partial charge in [-0.25, -0.2) is 9.97 Å². The van der Waals surface area contributed by atoms with Gasteiger partial charge in [0, 0.05) is 25.1 Å². The van der Waals surface area contributed by atoms with E-state index in [-0.39, 0.29) is 0 Å². The fourth-order valence-corrected chi connectivity index (χ4v) is 1.95. The highest BCUT2D eigenvalue weighted by molar-refractivity contribution is 9.10. The van der Waals surface area contributed by atoms with E-state index in [1.165, 1.54) is 0 Å². The van der Waals surface area contributed by atoms with Crippen molar-refractivity contribution in [1.82, 2.24) is 14.5 Å². The molecule has 4 nitrogen and oxygen atoms in total. The average Bonchev–Trinajstić information content (AvgIpc) is 2.56. The average molecular weight is 336 g/mol. The summed E-state index contributed by atoms with van der Waals surface area (Å²) in [5.41, 5.74) is 0.964. The van der Waals surface area contributed by atoms with E-state index in [1.54, 1.807) is 12.4 Å². The second-order valence-corrected chi connectivity index (χ2v) is 5.09. The maximum absolute atomic E-state index is 5.97. The zero-order valence-corrected chi connectivity index (χ0v) is 12.0. The summed E-state index contributed by atoms with van der Waals surface area (Å²) in [5, 5.41) is 4.16. The van der Waals surface area contributed by atoms with E-state index >= 15 is 0 Å². The molecule has 2 rings (SSSR count). The van der Waals surface area contributed by atoms with E-state index in [0.29, 0.717) is 22.7 Å². The van der Waals surface area contributed by atoms with Crippen LogP contribution in [-0.4, -0.2) is 14.5 Å². The fourth-order valence-electron chi connectivity index (χ4n) is 1.33. The van der Waals surface area contributed by atoms with Crippen molar-refractivity contribution in [3.8, 4) is 0 Å². The topological polar surface area (TPSA) is 42.7 Å². The first kappa shape index (κ1) is 12.7. The maximum Gasteiger partial charge on any atom is 0.222 e. The van der Waals surface area contributed by atoms with Gasteiger partial charge in [-0.05, 0) is 22.0 Å². The molecule has 0 fully saturated rings. The molecule has 90 valence electrons. The Hall–Kier alpha value is -0.780. The molecule has 0 saturated carbocycles. The van der Waals surface area contributed by atoms with Crippen LogP contribution in [0.15, 0.2) is 22.9 Å². The molecule has 2 aromatic heterocycles. The van der Waals surface area contributed by atoms with Crippen LogP contribution in [0.2, 0.25) is 10.2 Å². The van der Waals surface area contributed by atoms with Crippen LogP contribution in [0, 0.1) is 0 Å². The molecule has 0 unspecified atom stereocenters. The third-order valence-corrected chi connectivity index (χ3v) is 3.52. The van der Waals surface area contributed by atoms with E-state index in [0.717, 1.165) is 10.2 Å². The van der Waals surface area contributed by atoms with E-state index in [9.17, 15) is 0 Å². The highest BCUT2D eigenvalue weighted by Gasteiger charge is 2.08. The minimum Gasteiger partial charge on any atom is -0.349 e. The largest absolute Gasteiger partial charge is 0.349 e. The first-order valence-corrected chi connectivity index (χ1v) is 6.34. The second kappa shape index (κ2) is 5.25. The number of rotatable bonds is 3. The molecular formula is C10H9BrCl2N4. The molecule has 0 aliphatic rings. The molecule has 0 saturated heterocycles. The Labute approximate surface area is 117 Å². The zero-order chi connectivity index (χ0) is 12.4. The van der Waals surface area contributed by atoms with Gasteiger partial charge in [-0.2, -0.15) is 0 Å². The molecule has 17 heavy (non-hydrogen) atoms. The molecule has 0 radical (unpaired) electrons. The van der Waals surface area contributed by atoms with E-state index < -0.39 is 0 Å². The lowest BCUT2D eigenvalue weighted by atomic mass is 10.4. The predicted octanol–water partition coefficient (Wildman–Crippen LogP) is 3.50. The van der Waals surface area contributed by atoms with Crippen molar-refractivity contribution in [2.75, 3.05) is 5.32 Å². The highest BCUT2D eigenvalue weighted by Crippen LogP contribution is 2.25. The normalized spacial score (nSPS) is 10.6. The SMILES string of the molecule is Cn1c(CNc2ncc(Br)cn2)cc(Cl)c1Cl. The third kappa shape index (κ3) is 2.91. The summed E-state index contributed by atoms with van der Waals surface area (Å²) in [6, 6.07) is 1.82. The molecule has 0 aromatic carbocycles. The minimum absolute atomic E-state index is 0.528. The molecule has 0 atom stereocenters. The molecule has 0 aliphatic heterocycles. The first-order valence-electron chi connectivity index (χ1n) is 4.79. The summed E-state index contributed by atoms with van der Waals surface area (Å²) >= 11 is 15.2. The van der Waals surface area contributed by atoms with Crippen LogP contribution in [-0.2, 0) is 13.6 Å². The summed E-state index contributed by atoms with van der Waals surface area (Å²) in [6.07, 6.45) is 3.36. The molecular weight excluding hydrogens is 327 g/mol. The van der Waals surface area contributed by atoms with E-state index in [4.69, 9.17) is 23.2 Å². The van der Waals surface area contributed by atoms with Crippen LogP contribution in [0.4, 0.5) is 5.95 Å². The fraction of sp³-hybridized carbons (Fsp3) is 0.200. The number of hydrogen-bond donors (Lipinski definition) is 1. The Bertz CT molecular complexity index is 524. The van der Waals surface area contributed by atoms with Gasteiger partial charge in [0.1, 0.15) is 5.15 Å². The van der Waals surface area contributed by atoms with Crippen LogP contribution in [0.3, 0.4) is 0 Å². The summed E-state index contributed by atoms with van der Waals surface area (Å²) in [6.45, 7) is 0.560. The van der Waals surface area contributed by atoms with Gasteiger partial charge >= 0.3 is 0 Å². The Morgan fingerprint density at radius 3 is 2.53 bits per heavy atom. The predicted molar refractivity (Wildman–Crippen MR) is 72.5 cm³/mol. The van der Waals surface area contributed by atoms with Gasteiger partial charge in [-0.15, -0.1) is 0 Å². The van der Waals surface area contributed by atoms with Crippen LogP contribution in [0.25, 0.3) is 0 Å². The molecule has 0 amide bonds. The summed E-state index contributed by atoms with van der Waals surface area (Å²) in [5.74, 6) is 0.557. The van der Waals surface area contributed by atoms with Gasteiger partial charge in [-0.3, -0.25) is 0 Å². The Morgan fingerprint density at radius 2 is 2.00 bits per heavy atom. The van der Waals surface area contributed by atoms with Gasteiger partial charge < -0.3 is 9.88 Å². The van der Waals surface area contributed by atoms with Crippen LogP contribution >= 0.6 is 39.1 Å². The number of nitrogens with one attached hydrogen (secondary N) is 1. The lowest BCUT2D eigenvalue weighted by molar-refractivity contribution is 0.837. The van der Waals surface area contributed by atoms with E-state index in [1.807, 2.05) is 17.7 Å². The standard InChI is InChI=1S/C10H9BrCl2N4/c1-17-7(2-8(12)9(17)13)5-16-10-14-3-6(11)4-15-10/h2-4H,5H2,1H3,(H,14,15,16). The van der Waals surface area contributed by atoms with Gasteiger partial charge in [0.2, 0.25) is 5.95 Å². The highest BCUT2D eigenvalue weighted by atomic mass is 79.9. The maximum atomic E-state index is 5.97. The number of anilines is 1. The van der Waals surface area contributed by atoms with Gasteiger partial charge in [0.25, 0.3) is 0 Å². The van der Waals surface area contributed by atoms with Crippen molar-refractivity contribution in [2.45, 2.75) is 6.54 Å². The smallest absolute Gasteiger partial charge is 0.222 e. The summed E-state index contributed by atoms with van der Waals surface area (Å²) in [7, 11) is 1.85. The molecule has 2 aromatic rings. The molecule has 0 spiro atoms. The lowest BCUT2D eigenvalue weighted by Crippen LogP contribution is -2.06. The monoisotopic (exact) mass is 334 g/mol. The van der Waals surface area contributed by atoms with Crippen LogP contribution < -0.4 is 5.32 Å². The van der Waals surface area contributed by atoms with Crippen molar-refractivity contribution in [3.63, 3.8) is 0 Å². The van der Waals surface area contributed by atoms with Gasteiger partial charge in [0.15, 0.2) is 0 Å². The lowest BCUT2D eigenvalue weighted by Gasteiger charge is -2.06. The third-order valence-electron chi connectivity index (χ3n) is 2.26. The quantitative estimate of drug-likeness (QED) is 0.933. The van der Waals surface area contributed by atoms with Gasteiger partial charge in [0.05, 0.1) is 16.0 Å². The molecule has 1 N–H and O–H groups in total. The number of aromatic nitrogens is 3. The van der Waals surface area contributed by atoms with Crippen molar-refractivity contribution >= 4 is 45.1 Å². The Kier molecular flexibility index (Phi) is 3.91. The molecule has 0 bridgehead atoms. The van der Waals surface area contributed by atoms with Crippen molar-refractivity contribution in [3.05, 3.63) is 38.8 Å². The second-order valence-electron chi connectivity index (χ2n) is 3.41. The molecule has 0 aliphatic carbocycles. The Balaban J connectivity index is 2.07. The molecule has 2 heterocycles. The Morgan fingerprint density at radius 1 is 1.35 bits per heavy atom. The number of halogens is 3. The van der Waals surface area contributed by atoms with Crippen molar-refractivity contribution in [2.24, 2.45) is 7.05 Å². The van der Waals surface area contributed by atoms with Crippen molar-refractivity contribution in [1.29, 1.82) is 0 Å². The summed E-state index contributed by atoms with van der Waals surface area (Å²) in [4.78, 5) is 8.22. The van der Waals surface area contributed by atoms with Gasteiger partial charge in [-0.1, -0.05) is 23.2 Å². The number of hydrogen-bond acceptors (Lipinski definition) is 3. The van der Waals surface area contributed by atoms with Crippen LogP contribution in [0.1, 0.15) is 5.69 Å². The minimum atomic E-state index is 0.528. The van der Waals surface area contributed by atoms with Crippen LogP contribution in [0.5, 0.6) is 0 Å². The first-order chi connectivity index (χ1) is 8.08.